The fraction of sp³-hybridized carbons (Fsp3) is 0.300. The number of rotatable bonds is 4. The lowest BCUT2D eigenvalue weighted by Gasteiger charge is -2.06. The highest BCUT2D eigenvalue weighted by molar-refractivity contribution is 5.95. The molecule has 0 heterocycles. The first-order valence-electron chi connectivity index (χ1n) is 4.51. The number of hydrogen-bond donors (Lipinski definition) is 3. The molecule has 0 saturated heterocycles. The van der Waals surface area contributed by atoms with Crippen LogP contribution in [0.3, 0.4) is 0 Å². The summed E-state index contributed by atoms with van der Waals surface area (Å²) in [7, 11) is 1.50. The number of methoxy groups -OCH3 is 1. The molecule has 0 aromatic heterocycles. The van der Waals surface area contributed by atoms with Gasteiger partial charge in [-0.25, -0.2) is 0 Å². The first-order valence-corrected chi connectivity index (χ1v) is 4.51. The Bertz CT molecular complexity index is 353. The number of nitrogen functional groups attached to an aromatic ring is 1. The normalized spacial score (nSPS) is 9.73. The van der Waals surface area contributed by atoms with Crippen LogP contribution in [0.4, 0.5) is 5.69 Å². The number of amides is 1. The van der Waals surface area contributed by atoms with Crippen LogP contribution in [0, 0.1) is 0 Å². The van der Waals surface area contributed by atoms with Crippen molar-refractivity contribution in [2.45, 2.75) is 0 Å². The van der Waals surface area contributed by atoms with E-state index < -0.39 is 0 Å². The van der Waals surface area contributed by atoms with Crippen LogP contribution in [-0.2, 0) is 0 Å². The van der Waals surface area contributed by atoms with E-state index >= 15 is 0 Å². The standard InChI is InChI=1S/C10H14N2O3/c1-15-9-5-7(4-8(11)6-9)10(14)12-2-3-13/h4-6,13H,2-3,11H2,1H3,(H,12,14). The van der Waals surface area contributed by atoms with E-state index in [4.69, 9.17) is 15.6 Å². The minimum atomic E-state index is -0.283. The lowest BCUT2D eigenvalue weighted by atomic mass is 10.2. The van der Waals surface area contributed by atoms with Gasteiger partial charge in [-0.2, -0.15) is 0 Å². The summed E-state index contributed by atoms with van der Waals surface area (Å²) < 4.78 is 4.98. The Kier molecular flexibility index (Phi) is 3.93. The third-order valence-electron chi connectivity index (χ3n) is 1.82. The summed E-state index contributed by atoms with van der Waals surface area (Å²) in [5, 5.41) is 11.1. The number of aliphatic hydroxyl groups is 1. The van der Waals surface area contributed by atoms with Crippen molar-refractivity contribution in [2.24, 2.45) is 0 Å². The number of hydrogen-bond acceptors (Lipinski definition) is 4. The van der Waals surface area contributed by atoms with Crippen molar-refractivity contribution in [2.75, 3.05) is 26.0 Å². The molecule has 0 saturated carbocycles. The zero-order chi connectivity index (χ0) is 11.3. The monoisotopic (exact) mass is 210 g/mol. The van der Waals surface area contributed by atoms with Crippen molar-refractivity contribution < 1.29 is 14.6 Å². The first kappa shape index (κ1) is 11.3. The molecule has 0 radical (unpaired) electrons. The molecule has 15 heavy (non-hydrogen) atoms. The molecule has 0 fully saturated rings. The molecule has 4 N–H and O–H groups in total. The summed E-state index contributed by atoms with van der Waals surface area (Å²) in [6.45, 7) is 0.126. The largest absolute Gasteiger partial charge is 0.497 e. The quantitative estimate of drug-likeness (QED) is 0.611. The molecule has 0 aliphatic heterocycles. The highest BCUT2D eigenvalue weighted by atomic mass is 16.5. The van der Waals surface area contributed by atoms with E-state index in [-0.39, 0.29) is 19.1 Å². The number of ether oxygens (including phenoxy) is 1. The topological polar surface area (TPSA) is 84.6 Å². The molecular weight excluding hydrogens is 196 g/mol. The number of nitrogens with two attached hydrogens (primary N) is 1. The van der Waals surface area contributed by atoms with Gasteiger partial charge in [-0.1, -0.05) is 0 Å². The summed E-state index contributed by atoms with van der Waals surface area (Å²) in [4.78, 5) is 11.5. The summed E-state index contributed by atoms with van der Waals surface area (Å²) in [6, 6.07) is 4.76. The maximum atomic E-state index is 11.5. The van der Waals surface area contributed by atoms with Crippen molar-refractivity contribution >= 4 is 11.6 Å². The van der Waals surface area contributed by atoms with Crippen LogP contribution in [0.15, 0.2) is 18.2 Å². The zero-order valence-electron chi connectivity index (χ0n) is 8.49. The predicted molar refractivity (Wildman–Crippen MR) is 56.8 cm³/mol. The van der Waals surface area contributed by atoms with Crippen LogP contribution in [0.1, 0.15) is 10.4 Å². The molecule has 5 heteroatoms. The summed E-state index contributed by atoms with van der Waals surface area (Å²) in [5.41, 5.74) is 6.47. The molecule has 1 rings (SSSR count). The van der Waals surface area contributed by atoms with Crippen molar-refractivity contribution in [3.8, 4) is 5.75 Å². The summed E-state index contributed by atoms with van der Waals surface area (Å²) >= 11 is 0. The third kappa shape index (κ3) is 3.14. The Labute approximate surface area is 87.9 Å². The fourth-order valence-electron chi connectivity index (χ4n) is 1.14. The highest BCUT2D eigenvalue weighted by Crippen LogP contribution is 2.18. The van der Waals surface area contributed by atoms with Gasteiger partial charge >= 0.3 is 0 Å². The highest BCUT2D eigenvalue weighted by Gasteiger charge is 2.07. The SMILES string of the molecule is COc1cc(N)cc(C(=O)NCCO)c1. The number of anilines is 1. The van der Waals surface area contributed by atoms with Gasteiger partial charge in [-0.3, -0.25) is 4.79 Å². The maximum Gasteiger partial charge on any atom is 0.251 e. The number of carbonyl (C=O) groups excluding carboxylic acids is 1. The molecule has 0 spiro atoms. The van der Waals surface area contributed by atoms with Crippen LogP contribution < -0.4 is 15.8 Å². The van der Waals surface area contributed by atoms with Gasteiger partial charge in [0.1, 0.15) is 5.75 Å². The van der Waals surface area contributed by atoms with Crippen molar-refractivity contribution in [1.29, 1.82) is 0 Å². The minimum absolute atomic E-state index is 0.0921. The fourth-order valence-corrected chi connectivity index (χ4v) is 1.14. The van der Waals surface area contributed by atoms with Gasteiger partial charge in [0, 0.05) is 23.9 Å². The van der Waals surface area contributed by atoms with Gasteiger partial charge in [0.2, 0.25) is 0 Å². The van der Waals surface area contributed by atoms with E-state index in [9.17, 15) is 4.79 Å². The molecule has 0 aliphatic rings. The lowest BCUT2D eigenvalue weighted by molar-refractivity contribution is 0.0944. The Morgan fingerprint density at radius 2 is 2.27 bits per heavy atom. The average Bonchev–Trinajstić information content (AvgIpc) is 2.24. The number of benzene rings is 1. The zero-order valence-corrected chi connectivity index (χ0v) is 8.49. The molecule has 1 aromatic rings. The molecule has 0 unspecified atom stereocenters. The van der Waals surface area contributed by atoms with Crippen LogP contribution >= 0.6 is 0 Å². The van der Waals surface area contributed by atoms with Gasteiger partial charge < -0.3 is 20.9 Å². The molecule has 1 aromatic carbocycles. The second-order valence-electron chi connectivity index (χ2n) is 2.97. The Morgan fingerprint density at radius 1 is 1.53 bits per heavy atom. The van der Waals surface area contributed by atoms with E-state index in [1.807, 2.05) is 0 Å². The molecule has 82 valence electrons. The molecule has 0 aliphatic carbocycles. The third-order valence-corrected chi connectivity index (χ3v) is 1.82. The Morgan fingerprint density at radius 3 is 2.87 bits per heavy atom. The van der Waals surface area contributed by atoms with Crippen molar-refractivity contribution in [1.82, 2.24) is 5.32 Å². The number of carbonyl (C=O) groups is 1. The van der Waals surface area contributed by atoms with Gasteiger partial charge in [0.25, 0.3) is 5.91 Å². The minimum Gasteiger partial charge on any atom is -0.497 e. The summed E-state index contributed by atoms with van der Waals surface area (Å²) in [5.74, 6) is 0.249. The van der Waals surface area contributed by atoms with Gasteiger partial charge in [-0.05, 0) is 12.1 Å². The van der Waals surface area contributed by atoms with Crippen LogP contribution in [0.2, 0.25) is 0 Å². The van der Waals surface area contributed by atoms with Crippen LogP contribution in [0.5, 0.6) is 5.75 Å². The average molecular weight is 210 g/mol. The van der Waals surface area contributed by atoms with Crippen molar-refractivity contribution in [3.05, 3.63) is 23.8 Å². The molecule has 1 amide bonds. The van der Waals surface area contributed by atoms with Crippen molar-refractivity contribution in [3.63, 3.8) is 0 Å². The second-order valence-corrected chi connectivity index (χ2v) is 2.97. The molecule has 0 bridgehead atoms. The molecule has 0 atom stereocenters. The molecule has 5 nitrogen and oxygen atoms in total. The lowest BCUT2D eigenvalue weighted by Crippen LogP contribution is -2.26. The van der Waals surface area contributed by atoms with Crippen LogP contribution in [-0.4, -0.2) is 31.3 Å². The van der Waals surface area contributed by atoms with E-state index in [0.29, 0.717) is 17.0 Å². The van der Waals surface area contributed by atoms with E-state index in [2.05, 4.69) is 5.32 Å². The second kappa shape index (κ2) is 5.21. The van der Waals surface area contributed by atoms with E-state index in [0.717, 1.165) is 0 Å². The number of aliphatic hydroxyl groups excluding tert-OH is 1. The molecular formula is C10H14N2O3. The predicted octanol–water partition coefficient (Wildman–Crippen LogP) is -0.000500. The van der Waals surface area contributed by atoms with Gasteiger partial charge in [-0.15, -0.1) is 0 Å². The maximum absolute atomic E-state index is 11.5. The number of nitrogens with one attached hydrogen (secondary N) is 1. The van der Waals surface area contributed by atoms with E-state index in [1.54, 1.807) is 18.2 Å². The Balaban J connectivity index is 2.83. The Hall–Kier alpha value is -1.75. The first-order chi connectivity index (χ1) is 7.17. The van der Waals surface area contributed by atoms with E-state index in [1.165, 1.54) is 7.11 Å². The summed E-state index contributed by atoms with van der Waals surface area (Å²) in [6.07, 6.45) is 0. The van der Waals surface area contributed by atoms with Crippen LogP contribution in [0.25, 0.3) is 0 Å². The van der Waals surface area contributed by atoms with Gasteiger partial charge in [0.05, 0.1) is 13.7 Å². The van der Waals surface area contributed by atoms with Gasteiger partial charge in [0.15, 0.2) is 0 Å². The smallest absolute Gasteiger partial charge is 0.251 e.